The van der Waals surface area contributed by atoms with E-state index in [-0.39, 0.29) is 5.04 Å². The molecule has 0 bridgehead atoms. The lowest BCUT2D eigenvalue weighted by Gasteiger charge is -2.41. The highest BCUT2D eigenvalue weighted by atomic mass is 32.2. The second-order valence-corrected chi connectivity index (χ2v) is 15.4. The Kier molecular flexibility index (Phi) is 7.21. The molecule has 30 heavy (non-hydrogen) atoms. The van der Waals surface area contributed by atoms with E-state index in [4.69, 9.17) is 18.1 Å². The zero-order valence-electron chi connectivity index (χ0n) is 18.7. The van der Waals surface area contributed by atoms with E-state index in [0.717, 1.165) is 6.26 Å². The Morgan fingerprint density at radius 3 is 2.30 bits per heavy atom. The third-order valence-electron chi connectivity index (χ3n) is 5.65. The zero-order chi connectivity index (χ0) is 23.1. The fraction of sp³-hybridized carbons (Fsp3) is 0.778. The number of nitrogens with zero attached hydrogens (tertiary/aromatic N) is 1. The quantitative estimate of drug-likeness (QED) is 0.471. The van der Waals surface area contributed by atoms with Gasteiger partial charge < -0.3 is 13.9 Å². The second-order valence-electron chi connectivity index (χ2n) is 9.06. The van der Waals surface area contributed by atoms with Crippen LogP contribution in [0.15, 0.2) is 21.9 Å². The molecule has 0 spiro atoms. The molecule has 1 aromatic heterocycles. The first-order valence-electron chi connectivity index (χ1n) is 9.63. The molecular formula is C18H32N2O8SSi. The van der Waals surface area contributed by atoms with Gasteiger partial charge in [0, 0.05) is 19.4 Å². The fourth-order valence-electron chi connectivity index (χ4n) is 3.13. The summed E-state index contributed by atoms with van der Waals surface area (Å²) in [5.41, 5.74) is -1.21. The highest BCUT2D eigenvalue weighted by molar-refractivity contribution is 7.86. The third-order valence-corrected chi connectivity index (χ3v) is 10.8. The first kappa shape index (κ1) is 25.0. The van der Waals surface area contributed by atoms with Crippen LogP contribution in [0, 0.1) is 0 Å². The molecule has 1 aliphatic rings. The van der Waals surface area contributed by atoms with Crippen LogP contribution < -0.4 is 11.2 Å². The average molecular weight is 465 g/mol. The van der Waals surface area contributed by atoms with Gasteiger partial charge in [-0.2, -0.15) is 8.42 Å². The molecule has 0 aliphatic carbocycles. The molecule has 5 atom stereocenters. The van der Waals surface area contributed by atoms with Crippen molar-refractivity contribution in [2.45, 2.75) is 76.5 Å². The number of rotatable bonds is 7. The third kappa shape index (κ3) is 5.48. The topological polar surface area (TPSA) is 126 Å². The van der Waals surface area contributed by atoms with Gasteiger partial charge in [0.2, 0.25) is 0 Å². The van der Waals surface area contributed by atoms with E-state index in [2.05, 4.69) is 38.8 Å². The Morgan fingerprint density at radius 2 is 1.83 bits per heavy atom. The van der Waals surface area contributed by atoms with E-state index in [1.54, 1.807) is 6.92 Å². The number of hydrogen-bond acceptors (Lipinski definition) is 8. The van der Waals surface area contributed by atoms with Gasteiger partial charge in [0.1, 0.15) is 24.4 Å². The number of aromatic amines is 1. The van der Waals surface area contributed by atoms with Gasteiger partial charge in [-0.05, 0) is 25.1 Å². The van der Waals surface area contributed by atoms with E-state index in [1.165, 1.54) is 23.9 Å². The van der Waals surface area contributed by atoms with Gasteiger partial charge in [-0.1, -0.05) is 20.8 Å². The molecule has 1 aromatic rings. The van der Waals surface area contributed by atoms with Crippen LogP contribution in [0.2, 0.25) is 18.1 Å². The lowest BCUT2D eigenvalue weighted by Crippen LogP contribution is -2.51. The number of methoxy groups -OCH3 is 1. The van der Waals surface area contributed by atoms with Crippen LogP contribution >= 0.6 is 0 Å². The van der Waals surface area contributed by atoms with Crippen molar-refractivity contribution in [2.75, 3.05) is 13.4 Å². The summed E-state index contributed by atoms with van der Waals surface area (Å²) in [6.07, 6.45) is -1.83. The normalized spacial score (nSPS) is 26.7. The maximum atomic E-state index is 12.4. The summed E-state index contributed by atoms with van der Waals surface area (Å²) < 4.78 is 48.1. The molecule has 1 N–H and O–H groups in total. The van der Waals surface area contributed by atoms with Crippen molar-refractivity contribution >= 4 is 18.4 Å². The van der Waals surface area contributed by atoms with E-state index >= 15 is 0 Å². The van der Waals surface area contributed by atoms with Crippen molar-refractivity contribution in [1.82, 2.24) is 9.55 Å². The molecule has 2 rings (SSSR count). The maximum absolute atomic E-state index is 12.4. The Labute approximate surface area is 177 Å². The monoisotopic (exact) mass is 464 g/mol. The van der Waals surface area contributed by atoms with Gasteiger partial charge in [0.25, 0.3) is 15.7 Å². The molecule has 0 radical (unpaired) electrons. The molecule has 0 aromatic carbocycles. The molecule has 172 valence electrons. The smallest absolute Gasteiger partial charge is 0.330 e. The number of ether oxygens (including phenoxy) is 2. The summed E-state index contributed by atoms with van der Waals surface area (Å²) >= 11 is 0. The highest BCUT2D eigenvalue weighted by Gasteiger charge is 2.53. The van der Waals surface area contributed by atoms with Crippen LogP contribution in [0.1, 0.15) is 33.9 Å². The summed E-state index contributed by atoms with van der Waals surface area (Å²) in [6.45, 7) is 11.9. The van der Waals surface area contributed by atoms with Crippen molar-refractivity contribution < 1.29 is 26.5 Å². The van der Waals surface area contributed by atoms with Gasteiger partial charge in [-0.25, -0.2) is 4.79 Å². The van der Waals surface area contributed by atoms with Crippen molar-refractivity contribution in [3.63, 3.8) is 0 Å². The summed E-state index contributed by atoms with van der Waals surface area (Å²) in [6, 6.07) is 1.20. The lowest BCUT2D eigenvalue weighted by molar-refractivity contribution is -0.0752. The van der Waals surface area contributed by atoms with E-state index < -0.39 is 60.3 Å². The van der Waals surface area contributed by atoms with Crippen molar-refractivity contribution in [2.24, 2.45) is 0 Å². The molecular weight excluding hydrogens is 432 g/mol. The molecule has 10 nitrogen and oxygen atoms in total. The first-order valence-corrected chi connectivity index (χ1v) is 14.4. The molecule has 1 aliphatic heterocycles. The predicted molar refractivity (Wildman–Crippen MR) is 113 cm³/mol. The van der Waals surface area contributed by atoms with Gasteiger partial charge >= 0.3 is 5.69 Å². The number of H-pyrrole nitrogens is 1. The molecule has 0 unspecified atom stereocenters. The molecule has 1 fully saturated rings. The summed E-state index contributed by atoms with van der Waals surface area (Å²) in [5, 5.41) is -0.135. The fourth-order valence-corrected chi connectivity index (χ4v) is 5.09. The number of nitrogens with one attached hydrogen (secondary N) is 1. The highest BCUT2D eigenvalue weighted by Crippen LogP contribution is 2.42. The van der Waals surface area contributed by atoms with Crippen LogP contribution in [0.4, 0.5) is 0 Å². The van der Waals surface area contributed by atoms with Crippen molar-refractivity contribution in [3.8, 4) is 0 Å². The summed E-state index contributed by atoms with van der Waals surface area (Å²) in [7, 11) is -4.63. The van der Waals surface area contributed by atoms with Crippen molar-refractivity contribution in [3.05, 3.63) is 33.1 Å². The van der Waals surface area contributed by atoms with Crippen LogP contribution in [-0.2, 0) is 28.2 Å². The zero-order valence-corrected chi connectivity index (χ0v) is 20.5. The van der Waals surface area contributed by atoms with Crippen LogP contribution in [0.5, 0.6) is 0 Å². The molecule has 1 saturated heterocycles. The van der Waals surface area contributed by atoms with Gasteiger partial charge in [-0.3, -0.25) is 18.5 Å². The maximum Gasteiger partial charge on any atom is 0.330 e. The Balaban J connectivity index is 2.51. The largest absolute Gasteiger partial charge is 0.408 e. The minimum Gasteiger partial charge on any atom is -0.408 e. The number of hydrogen-bond donors (Lipinski definition) is 1. The minimum atomic E-state index is -3.76. The second kappa shape index (κ2) is 8.67. The van der Waals surface area contributed by atoms with Gasteiger partial charge in [0.05, 0.1) is 6.26 Å². The SMILES string of the molecule is CO[C@@H]1[C@H](O[Si](C)(C)C(C)(C)C)[C@@H]([C@H](C)OS(C)(=O)=O)O[C@H]1n1ccc(=O)[nH]c1=O. The van der Waals surface area contributed by atoms with Crippen LogP contribution in [-0.4, -0.2) is 64.1 Å². The standard InChI is InChI=1S/C18H32N2O8SSi/c1-11(27-29(6,23)24)13-14(28-30(7,8)18(2,3)4)15(25-5)16(26-13)20-10-9-12(21)19-17(20)22/h9-11,13-16H,1-8H3,(H,19,21,22)/t11-,13+,14+,15+,16+/m0/s1. The van der Waals surface area contributed by atoms with Gasteiger partial charge in [0.15, 0.2) is 14.5 Å². The molecule has 2 heterocycles. The Hall–Kier alpha value is -1.31. The van der Waals surface area contributed by atoms with E-state index in [1.807, 2.05) is 0 Å². The van der Waals surface area contributed by atoms with E-state index in [0.29, 0.717) is 0 Å². The van der Waals surface area contributed by atoms with Crippen LogP contribution in [0.3, 0.4) is 0 Å². The Morgan fingerprint density at radius 1 is 1.23 bits per heavy atom. The van der Waals surface area contributed by atoms with Crippen LogP contribution in [0.25, 0.3) is 0 Å². The molecule has 0 saturated carbocycles. The summed E-state index contributed by atoms with van der Waals surface area (Å²) in [4.78, 5) is 26.0. The summed E-state index contributed by atoms with van der Waals surface area (Å²) in [5.74, 6) is 0. The minimum absolute atomic E-state index is 0.135. The Bertz CT molecular complexity index is 965. The number of aromatic nitrogens is 2. The first-order chi connectivity index (χ1) is 13.6. The molecule has 12 heteroatoms. The van der Waals surface area contributed by atoms with E-state index in [9.17, 15) is 18.0 Å². The lowest BCUT2D eigenvalue weighted by atomic mass is 10.1. The average Bonchev–Trinajstić information content (AvgIpc) is 2.89. The predicted octanol–water partition coefficient (Wildman–Crippen LogP) is 1.20. The molecule has 0 amide bonds. The van der Waals surface area contributed by atoms with Crippen molar-refractivity contribution in [1.29, 1.82) is 0 Å². The van der Waals surface area contributed by atoms with Gasteiger partial charge in [-0.15, -0.1) is 0 Å².